The number of rotatable bonds is 4. The van der Waals surface area contributed by atoms with Crippen LogP contribution in [0.1, 0.15) is 28.4 Å². The Morgan fingerprint density at radius 1 is 1.21 bits per heavy atom. The number of ether oxygens (including phenoxy) is 1. The minimum Gasteiger partial charge on any atom is -0.482 e. The van der Waals surface area contributed by atoms with Gasteiger partial charge in [-0.1, -0.05) is 17.7 Å². The van der Waals surface area contributed by atoms with Crippen LogP contribution in [-0.2, 0) is 4.79 Å². The van der Waals surface area contributed by atoms with E-state index in [9.17, 15) is 9.59 Å². The number of aryl methyl sites for hydroxylation is 2. The maximum Gasteiger partial charge on any atom is 0.262 e. The van der Waals surface area contributed by atoms with Gasteiger partial charge in [-0.3, -0.25) is 9.59 Å². The van der Waals surface area contributed by atoms with Gasteiger partial charge in [0.25, 0.3) is 5.91 Å². The van der Waals surface area contributed by atoms with Crippen molar-refractivity contribution >= 4 is 29.1 Å². The molecule has 2 aromatic rings. The monoisotopic (exact) mass is 341 g/mol. The molecule has 0 saturated heterocycles. The molecule has 1 amide bonds. The molecule has 24 heavy (non-hydrogen) atoms. The number of thioether (sulfide) groups is 1. The van der Waals surface area contributed by atoms with Crippen molar-refractivity contribution in [3.8, 4) is 5.75 Å². The van der Waals surface area contributed by atoms with E-state index < -0.39 is 0 Å². The highest BCUT2D eigenvalue weighted by Gasteiger charge is 2.21. The Hall–Kier alpha value is -2.27. The molecule has 1 aliphatic heterocycles. The number of hydrogen-bond acceptors (Lipinski definition) is 4. The van der Waals surface area contributed by atoms with Gasteiger partial charge < -0.3 is 10.1 Å². The van der Waals surface area contributed by atoms with E-state index in [1.165, 1.54) is 5.56 Å². The SMILES string of the molecule is Cc1ccc(C)c(SC(C)C(=O)c2ccc3c(c2)NC(=O)CO3)c1. The lowest BCUT2D eigenvalue weighted by Crippen LogP contribution is -2.25. The predicted molar refractivity (Wildman–Crippen MR) is 96.1 cm³/mol. The maximum atomic E-state index is 12.7. The number of benzene rings is 2. The van der Waals surface area contributed by atoms with Crippen LogP contribution in [0.5, 0.6) is 5.75 Å². The van der Waals surface area contributed by atoms with Gasteiger partial charge in [0.1, 0.15) is 5.75 Å². The average Bonchev–Trinajstić information content (AvgIpc) is 2.56. The van der Waals surface area contributed by atoms with Gasteiger partial charge in [-0.2, -0.15) is 0 Å². The van der Waals surface area contributed by atoms with E-state index in [0.29, 0.717) is 17.0 Å². The molecule has 0 spiro atoms. The molecule has 0 bridgehead atoms. The van der Waals surface area contributed by atoms with E-state index in [1.807, 2.05) is 20.8 Å². The lowest BCUT2D eigenvalue weighted by molar-refractivity contribution is -0.118. The molecule has 0 fully saturated rings. The Labute approximate surface area is 145 Å². The second-order valence-electron chi connectivity index (χ2n) is 5.94. The minimum absolute atomic E-state index is 0.0131. The van der Waals surface area contributed by atoms with Crippen LogP contribution in [0.15, 0.2) is 41.3 Å². The van der Waals surface area contributed by atoms with Crippen LogP contribution in [0.4, 0.5) is 5.69 Å². The summed E-state index contributed by atoms with van der Waals surface area (Å²) < 4.78 is 5.33. The Morgan fingerprint density at radius 3 is 2.79 bits per heavy atom. The van der Waals surface area contributed by atoms with Gasteiger partial charge in [-0.15, -0.1) is 11.8 Å². The number of nitrogens with one attached hydrogen (secondary N) is 1. The normalized spacial score (nSPS) is 14.4. The van der Waals surface area contributed by atoms with Crippen molar-refractivity contribution in [1.29, 1.82) is 0 Å². The topological polar surface area (TPSA) is 55.4 Å². The van der Waals surface area contributed by atoms with Crippen LogP contribution in [-0.4, -0.2) is 23.5 Å². The van der Waals surface area contributed by atoms with Gasteiger partial charge in [0.2, 0.25) is 0 Å². The fourth-order valence-corrected chi connectivity index (χ4v) is 3.68. The second-order valence-corrected chi connectivity index (χ2v) is 7.32. The molecule has 1 aliphatic rings. The van der Waals surface area contributed by atoms with Crippen molar-refractivity contribution in [2.24, 2.45) is 0 Å². The van der Waals surface area contributed by atoms with Gasteiger partial charge in [0.05, 0.1) is 10.9 Å². The van der Waals surface area contributed by atoms with Crippen LogP contribution in [0, 0.1) is 13.8 Å². The van der Waals surface area contributed by atoms with Gasteiger partial charge in [0.15, 0.2) is 12.4 Å². The molecular formula is C19H19NO3S. The summed E-state index contributed by atoms with van der Waals surface area (Å²) in [7, 11) is 0. The van der Waals surface area contributed by atoms with Crippen molar-refractivity contribution < 1.29 is 14.3 Å². The van der Waals surface area contributed by atoms with Crippen molar-refractivity contribution in [3.05, 3.63) is 53.1 Å². The summed E-state index contributed by atoms with van der Waals surface area (Å²) in [5, 5.41) is 2.52. The molecule has 0 saturated carbocycles. The largest absolute Gasteiger partial charge is 0.482 e. The third kappa shape index (κ3) is 3.46. The number of fused-ring (bicyclic) bond motifs is 1. The Balaban J connectivity index is 1.79. The minimum atomic E-state index is -0.219. The summed E-state index contributed by atoms with van der Waals surface area (Å²) >= 11 is 1.56. The van der Waals surface area contributed by atoms with E-state index in [2.05, 4.69) is 23.5 Å². The molecule has 0 radical (unpaired) electrons. The highest BCUT2D eigenvalue weighted by atomic mass is 32.2. The third-order valence-corrected chi connectivity index (χ3v) is 5.17. The Bertz CT molecular complexity index is 816. The second kappa shape index (κ2) is 6.69. The van der Waals surface area contributed by atoms with Crippen LogP contribution in [0.3, 0.4) is 0 Å². The van der Waals surface area contributed by atoms with E-state index in [4.69, 9.17) is 4.74 Å². The Kier molecular flexibility index (Phi) is 4.62. The molecule has 1 unspecified atom stereocenters. The van der Waals surface area contributed by atoms with Crippen molar-refractivity contribution in [2.75, 3.05) is 11.9 Å². The molecule has 2 aromatic carbocycles. The highest BCUT2D eigenvalue weighted by Crippen LogP contribution is 2.32. The molecule has 1 heterocycles. The zero-order valence-electron chi connectivity index (χ0n) is 13.9. The van der Waals surface area contributed by atoms with Gasteiger partial charge in [-0.05, 0) is 50.6 Å². The third-order valence-electron chi connectivity index (χ3n) is 3.91. The number of ketones is 1. The first-order chi connectivity index (χ1) is 11.4. The van der Waals surface area contributed by atoms with E-state index in [0.717, 1.165) is 10.5 Å². The fraction of sp³-hybridized carbons (Fsp3) is 0.263. The number of Topliss-reactive ketones (excluding diaryl/α,β-unsaturated/α-hetero) is 1. The highest BCUT2D eigenvalue weighted by molar-refractivity contribution is 8.00. The van der Waals surface area contributed by atoms with Crippen molar-refractivity contribution in [2.45, 2.75) is 30.9 Å². The average molecular weight is 341 g/mol. The van der Waals surface area contributed by atoms with Crippen LogP contribution in [0.2, 0.25) is 0 Å². The first-order valence-electron chi connectivity index (χ1n) is 7.79. The number of carbonyl (C=O) groups excluding carboxylic acids is 2. The van der Waals surface area contributed by atoms with Gasteiger partial charge in [0, 0.05) is 10.5 Å². The van der Waals surface area contributed by atoms with Crippen molar-refractivity contribution in [3.63, 3.8) is 0 Å². The number of anilines is 1. The lowest BCUT2D eigenvalue weighted by Gasteiger charge is -2.19. The first kappa shape index (κ1) is 16.6. The lowest BCUT2D eigenvalue weighted by atomic mass is 10.1. The molecule has 0 aliphatic carbocycles. The molecule has 1 N–H and O–H groups in total. The predicted octanol–water partition coefficient (Wildman–Crippen LogP) is 4.00. The summed E-state index contributed by atoms with van der Waals surface area (Å²) in [5.41, 5.74) is 3.47. The summed E-state index contributed by atoms with van der Waals surface area (Å²) in [6.45, 7) is 6.01. The van der Waals surface area contributed by atoms with E-state index in [-0.39, 0.29) is 23.5 Å². The van der Waals surface area contributed by atoms with Crippen molar-refractivity contribution in [1.82, 2.24) is 0 Å². The number of amides is 1. The maximum absolute atomic E-state index is 12.7. The van der Waals surface area contributed by atoms with E-state index in [1.54, 1.807) is 30.0 Å². The molecule has 1 atom stereocenters. The van der Waals surface area contributed by atoms with Crippen LogP contribution < -0.4 is 10.1 Å². The zero-order chi connectivity index (χ0) is 17.3. The quantitative estimate of drug-likeness (QED) is 0.675. The molecule has 5 heteroatoms. The van der Waals surface area contributed by atoms with Gasteiger partial charge in [-0.25, -0.2) is 0 Å². The summed E-state index contributed by atoms with van der Waals surface area (Å²) in [6, 6.07) is 11.4. The van der Waals surface area contributed by atoms with Crippen LogP contribution >= 0.6 is 11.8 Å². The molecule has 3 rings (SSSR count). The van der Waals surface area contributed by atoms with Gasteiger partial charge >= 0.3 is 0 Å². The number of hydrogen-bond donors (Lipinski definition) is 1. The summed E-state index contributed by atoms with van der Waals surface area (Å²) in [6.07, 6.45) is 0. The number of carbonyl (C=O) groups is 2. The fourth-order valence-electron chi connectivity index (χ4n) is 2.55. The molecule has 124 valence electrons. The molecule has 4 nitrogen and oxygen atoms in total. The first-order valence-corrected chi connectivity index (χ1v) is 8.67. The standard InChI is InChI=1S/C19H19NO3S/c1-11-4-5-12(2)17(8-11)24-13(3)19(22)14-6-7-16-15(9-14)20-18(21)10-23-16/h4-9,13H,10H2,1-3H3,(H,20,21). The summed E-state index contributed by atoms with van der Waals surface area (Å²) in [5.74, 6) is 0.425. The molecule has 0 aromatic heterocycles. The Morgan fingerprint density at radius 2 is 2.00 bits per heavy atom. The zero-order valence-corrected chi connectivity index (χ0v) is 14.7. The smallest absolute Gasteiger partial charge is 0.262 e. The van der Waals surface area contributed by atoms with E-state index >= 15 is 0 Å². The molecular weight excluding hydrogens is 322 g/mol. The van der Waals surface area contributed by atoms with Crippen LogP contribution in [0.25, 0.3) is 0 Å². The summed E-state index contributed by atoms with van der Waals surface area (Å²) in [4.78, 5) is 25.3.